The van der Waals surface area contributed by atoms with Gasteiger partial charge in [-0.25, -0.2) is 0 Å². The molecule has 2 aromatic rings. The number of ether oxygens (including phenoxy) is 1. The molecule has 0 atom stereocenters. The number of imide groups is 1. The second-order valence-electron chi connectivity index (χ2n) is 5.58. The molecule has 1 aliphatic rings. The van der Waals surface area contributed by atoms with Crippen molar-refractivity contribution < 1.29 is 23.9 Å². The number of benzene rings is 2. The number of hydrogen-bond acceptors (Lipinski definition) is 5. The molecule has 0 bridgehead atoms. The van der Waals surface area contributed by atoms with Crippen LogP contribution in [0.3, 0.4) is 0 Å². The minimum atomic E-state index is -0.892. The molecule has 0 unspecified atom stereocenters. The fourth-order valence-electron chi connectivity index (χ4n) is 2.48. The van der Waals surface area contributed by atoms with Crippen LogP contribution in [-0.4, -0.2) is 41.7 Å². The molecule has 9 heteroatoms. The molecule has 2 aromatic carbocycles. The fraction of sp³-hybridized carbons (Fsp3) is 0.111. The minimum absolute atomic E-state index is 0.226. The molecule has 7 nitrogen and oxygen atoms in total. The summed E-state index contributed by atoms with van der Waals surface area (Å²) in [6, 6.07) is 10.8. The summed E-state index contributed by atoms with van der Waals surface area (Å²) in [6.07, 6.45) is 0. The molecule has 0 saturated carbocycles. The highest BCUT2D eigenvalue weighted by molar-refractivity contribution is 6.35. The van der Waals surface area contributed by atoms with Crippen molar-refractivity contribution in [1.82, 2.24) is 4.90 Å². The number of esters is 1. The lowest BCUT2D eigenvalue weighted by molar-refractivity contribution is -0.147. The van der Waals surface area contributed by atoms with Crippen LogP contribution in [0, 0.1) is 0 Å². The van der Waals surface area contributed by atoms with E-state index in [-0.39, 0.29) is 21.8 Å². The number of nitrogens with zero attached hydrogens (tertiary/aromatic N) is 1. The van der Waals surface area contributed by atoms with Crippen molar-refractivity contribution in [3.8, 4) is 0 Å². The van der Waals surface area contributed by atoms with Crippen LogP contribution in [-0.2, 0) is 14.3 Å². The lowest BCUT2D eigenvalue weighted by Crippen LogP contribution is -2.36. The zero-order chi connectivity index (χ0) is 19.6. The first-order valence-corrected chi connectivity index (χ1v) is 8.48. The van der Waals surface area contributed by atoms with Gasteiger partial charge in [0.15, 0.2) is 6.61 Å². The zero-order valence-electron chi connectivity index (χ0n) is 13.7. The number of anilines is 1. The van der Waals surface area contributed by atoms with Gasteiger partial charge in [0.05, 0.1) is 21.8 Å². The molecule has 1 heterocycles. The van der Waals surface area contributed by atoms with Crippen LogP contribution in [0.5, 0.6) is 0 Å². The largest absolute Gasteiger partial charge is 0.454 e. The highest BCUT2D eigenvalue weighted by Crippen LogP contribution is 2.25. The summed E-state index contributed by atoms with van der Waals surface area (Å²) >= 11 is 11.8. The van der Waals surface area contributed by atoms with Gasteiger partial charge in [-0.15, -0.1) is 0 Å². The molecule has 1 N–H and O–H groups in total. The van der Waals surface area contributed by atoms with Gasteiger partial charge in [-0.1, -0.05) is 35.3 Å². The van der Waals surface area contributed by atoms with Gasteiger partial charge in [0, 0.05) is 5.02 Å². The predicted molar refractivity (Wildman–Crippen MR) is 97.9 cm³/mol. The summed E-state index contributed by atoms with van der Waals surface area (Å²) in [5.41, 5.74) is 0.720. The smallest absolute Gasteiger partial charge is 0.326 e. The van der Waals surface area contributed by atoms with E-state index in [1.807, 2.05) is 0 Å². The maximum absolute atomic E-state index is 12.2. The number of hydrogen-bond donors (Lipinski definition) is 1. The second kappa shape index (κ2) is 7.77. The van der Waals surface area contributed by atoms with Crippen molar-refractivity contribution in [3.63, 3.8) is 0 Å². The molecule has 0 spiro atoms. The lowest BCUT2D eigenvalue weighted by Gasteiger charge is -2.13. The Balaban J connectivity index is 1.54. The van der Waals surface area contributed by atoms with Gasteiger partial charge in [0.2, 0.25) is 0 Å². The molecule has 1 aliphatic heterocycles. The highest BCUT2D eigenvalue weighted by atomic mass is 35.5. The van der Waals surface area contributed by atoms with Gasteiger partial charge in [0.1, 0.15) is 6.54 Å². The Hall–Kier alpha value is -2.90. The van der Waals surface area contributed by atoms with Crippen LogP contribution >= 0.6 is 23.2 Å². The third kappa shape index (κ3) is 4.10. The van der Waals surface area contributed by atoms with E-state index in [4.69, 9.17) is 27.9 Å². The Labute approximate surface area is 163 Å². The minimum Gasteiger partial charge on any atom is -0.454 e. The number of carbonyl (C=O) groups is 4. The first kappa shape index (κ1) is 18.9. The van der Waals surface area contributed by atoms with E-state index in [2.05, 4.69) is 5.32 Å². The summed E-state index contributed by atoms with van der Waals surface area (Å²) in [5, 5.41) is 3.09. The van der Waals surface area contributed by atoms with Crippen LogP contribution in [0.25, 0.3) is 0 Å². The first-order chi connectivity index (χ1) is 12.9. The Morgan fingerprint density at radius 1 is 1.00 bits per heavy atom. The SMILES string of the molecule is O=C(COC(=O)CN1C(=O)c2ccccc2C1=O)Nc1cc(Cl)ccc1Cl. The van der Waals surface area contributed by atoms with Gasteiger partial charge >= 0.3 is 5.97 Å². The average Bonchev–Trinajstić information content (AvgIpc) is 2.88. The van der Waals surface area contributed by atoms with E-state index >= 15 is 0 Å². The number of rotatable bonds is 5. The third-order valence-corrected chi connectivity index (χ3v) is 4.30. The van der Waals surface area contributed by atoms with Crippen molar-refractivity contribution in [2.75, 3.05) is 18.5 Å². The van der Waals surface area contributed by atoms with Crippen molar-refractivity contribution in [1.29, 1.82) is 0 Å². The molecule has 3 amide bonds. The van der Waals surface area contributed by atoms with Gasteiger partial charge in [0.25, 0.3) is 17.7 Å². The molecule has 27 heavy (non-hydrogen) atoms. The molecular formula is C18H12Cl2N2O5. The Morgan fingerprint density at radius 2 is 1.63 bits per heavy atom. The molecular weight excluding hydrogens is 395 g/mol. The van der Waals surface area contributed by atoms with E-state index in [0.29, 0.717) is 5.02 Å². The number of carbonyl (C=O) groups excluding carboxylic acids is 4. The number of halogens is 2. The van der Waals surface area contributed by atoms with E-state index in [0.717, 1.165) is 4.90 Å². The zero-order valence-corrected chi connectivity index (χ0v) is 15.2. The van der Waals surface area contributed by atoms with Crippen LogP contribution in [0.1, 0.15) is 20.7 Å². The van der Waals surface area contributed by atoms with Crippen molar-refractivity contribution in [3.05, 3.63) is 63.6 Å². The van der Waals surface area contributed by atoms with Crippen LogP contribution < -0.4 is 5.32 Å². The molecule has 3 rings (SSSR count). The predicted octanol–water partition coefficient (Wildman–Crippen LogP) is 2.77. The van der Waals surface area contributed by atoms with Crippen molar-refractivity contribution >= 4 is 52.6 Å². The normalized spacial score (nSPS) is 12.7. The fourth-order valence-corrected chi connectivity index (χ4v) is 2.82. The monoisotopic (exact) mass is 406 g/mol. The quantitative estimate of drug-likeness (QED) is 0.608. The van der Waals surface area contributed by atoms with E-state index in [1.54, 1.807) is 18.2 Å². The van der Waals surface area contributed by atoms with E-state index in [1.165, 1.54) is 24.3 Å². The summed E-state index contributed by atoms with van der Waals surface area (Å²) in [6.45, 7) is -1.19. The molecule has 138 valence electrons. The van der Waals surface area contributed by atoms with Gasteiger partial charge in [-0.2, -0.15) is 0 Å². The van der Waals surface area contributed by atoms with Gasteiger partial charge < -0.3 is 10.1 Å². The Morgan fingerprint density at radius 3 is 2.26 bits per heavy atom. The number of fused-ring (bicyclic) bond motifs is 1. The summed E-state index contributed by atoms with van der Waals surface area (Å²) < 4.78 is 4.83. The van der Waals surface area contributed by atoms with Crippen molar-refractivity contribution in [2.45, 2.75) is 0 Å². The first-order valence-electron chi connectivity index (χ1n) is 7.72. The molecule has 0 saturated heterocycles. The van der Waals surface area contributed by atoms with Crippen LogP contribution in [0.15, 0.2) is 42.5 Å². The molecule has 0 radical (unpaired) electrons. The van der Waals surface area contributed by atoms with Gasteiger partial charge in [-0.3, -0.25) is 24.1 Å². The third-order valence-electron chi connectivity index (χ3n) is 3.73. The van der Waals surface area contributed by atoms with Gasteiger partial charge in [-0.05, 0) is 30.3 Å². The Bertz CT molecular complexity index is 926. The maximum atomic E-state index is 12.2. The van der Waals surface area contributed by atoms with Crippen molar-refractivity contribution in [2.24, 2.45) is 0 Å². The van der Waals surface area contributed by atoms with Crippen LogP contribution in [0.2, 0.25) is 10.0 Å². The molecule has 0 aromatic heterocycles. The lowest BCUT2D eigenvalue weighted by atomic mass is 10.1. The summed E-state index contributed by atoms with van der Waals surface area (Å²) in [4.78, 5) is 49.0. The average molecular weight is 407 g/mol. The van der Waals surface area contributed by atoms with E-state index in [9.17, 15) is 19.2 Å². The standard InChI is InChI=1S/C18H12Cl2N2O5/c19-10-5-6-13(20)14(7-10)21-15(23)9-27-16(24)8-22-17(25)11-3-1-2-4-12(11)18(22)26/h1-7H,8-9H2,(H,21,23). The highest BCUT2D eigenvalue weighted by Gasteiger charge is 2.36. The molecule has 0 aliphatic carbocycles. The summed E-state index contributed by atoms with van der Waals surface area (Å²) in [5.74, 6) is -2.70. The van der Waals surface area contributed by atoms with E-state index < -0.39 is 36.8 Å². The summed E-state index contributed by atoms with van der Waals surface area (Å²) in [7, 11) is 0. The topological polar surface area (TPSA) is 92.8 Å². The second-order valence-corrected chi connectivity index (χ2v) is 6.42. The number of amides is 3. The Kier molecular flexibility index (Phi) is 5.43. The molecule has 0 fully saturated rings. The number of nitrogens with one attached hydrogen (secondary N) is 1. The van der Waals surface area contributed by atoms with Crippen LogP contribution in [0.4, 0.5) is 5.69 Å². The maximum Gasteiger partial charge on any atom is 0.326 e.